The third-order valence-corrected chi connectivity index (χ3v) is 7.18. The third kappa shape index (κ3) is 3.47. The van der Waals surface area contributed by atoms with E-state index in [1.165, 1.54) is 0 Å². The number of amides is 1. The summed E-state index contributed by atoms with van der Waals surface area (Å²) in [5.41, 5.74) is 3.41. The summed E-state index contributed by atoms with van der Waals surface area (Å²) in [6, 6.07) is 25.0. The van der Waals surface area contributed by atoms with Crippen molar-refractivity contribution in [3.05, 3.63) is 118 Å². The van der Waals surface area contributed by atoms with Crippen molar-refractivity contribution in [1.82, 2.24) is 4.98 Å². The first-order chi connectivity index (χ1) is 17.0. The molecule has 1 amide bonds. The second kappa shape index (κ2) is 8.11. The monoisotopic (exact) mass is 474 g/mol. The molecular weight excluding hydrogens is 456 g/mol. The van der Waals surface area contributed by atoms with E-state index in [9.17, 15) is 14.4 Å². The van der Waals surface area contributed by atoms with Crippen LogP contribution in [0.4, 0.5) is 5.69 Å². The number of carbonyl (C=O) groups is 3. The average Bonchev–Trinajstić information content (AvgIpc) is 3.32. The van der Waals surface area contributed by atoms with Gasteiger partial charge in [0.05, 0.1) is 32.9 Å². The zero-order valence-corrected chi connectivity index (χ0v) is 19.5. The van der Waals surface area contributed by atoms with E-state index < -0.39 is 0 Å². The van der Waals surface area contributed by atoms with Crippen LogP contribution in [0.15, 0.2) is 84.9 Å². The molecule has 0 aliphatic heterocycles. The number of carbonyl (C=O) groups excluding carboxylic acids is 3. The van der Waals surface area contributed by atoms with Crippen molar-refractivity contribution in [2.45, 2.75) is 6.92 Å². The molecule has 0 radical (unpaired) electrons. The summed E-state index contributed by atoms with van der Waals surface area (Å²) < 4.78 is 0. The van der Waals surface area contributed by atoms with Crippen LogP contribution in [-0.2, 0) is 0 Å². The van der Waals surface area contributed by atoms with Crippen LogP contribution < -0.4 is 5.32 Å². The Labute approximate surface area is 205 Å². The lowest BCUT2D eigenvalue weighted by Crippen LogP contribution is -2.24. The molecule has 0 saturated heterocycles. The highest BCUT2D eigenvalue weighted by molar-refractivity contribution is 7.15. The molecule has 35 heavy (non-hydrogen) atoms. The number of para-hydroxylation sites is 1. The number of benzene rings is 3. The fourth-order valence-electron chi connectivity index (χ4n) is 4.50. The predicted octanol–water partition coefficient (Wildman–Crippen LogP) is 6.30. The number of aromatic nitrogens is 1. The van der Waals surface area contributed by atoms with Crippen molar-refractivity contribution < 1.29 is 14.4 Å². The minimum Gasteiger partial charge on any atom is -0.321 e. The first-order valence-electron chi connectivity index (χ1n) is 11.1. The number of hydrogen-bond acceptors (Lipinski definition) is 5. The molecule has 0 unspecified atom stereocenters. The number of hydrogen-bond donors (Lipinski definition) is 1. The molecule has 6 rings (SSSR count). The van der Waals surface area contributed by atoms with Gasteiger partial charge in [-0.1, -0.05) is 54.6 Å². The topological polar surface area (TPSA) is 76.1 Å². The SMILES string of the molecule is Cc1ccc(-c2cc(C(=O)Nc3cccc4c3C(=O)c3ccccc3C4=O)c3ccccc3n2)s1. The Morgan fingerprint density at radius 3 is 2.29 bits per heavy atom. The number of rotatable bonds is 3. The maximum atomic E-state index is 13.6. The van der Waals surface area contributed by atoms with E-state index in [0.717, 1.165) is 9.75 Å². The van der Waals surface area contributed by atoms with E-state index >= 15 is 0 Å². The molecule has 1 aliphatic rings. The lowest BCUT2D eigenvalue weighted by atomic mass is 9.83. The van der Waals surface area contributed by atoms with Crippen molar-refractivity contribution >= 4 is 45.4 Å². The number of nitrogens with zero attached hydrogens (tertiary/aromatic N) is 1. The van der Waals surface area contributed by atoms with Crippen molar-refractivity contribution in [2.75, 3.05) is 5.32 Å². The van der Waals surface area contributed by atoms with Gasteiger partial charge >= 0.3 is 0 Å². The van der Waals surface area contributed by atoms with E-state index in [4.69, 9.17) is 4.98 Å². The van der Waals surface area contributed by atoms with Crippen LogP contribution >= 0.6 is 11.3 Å². The lowest BCUT2D eigenvalue weighted by Gasteiger charge is -2.20. The second-order valence-electron chi connectivity index (χ2n) is 8.37. The van der Waals surface area contributed by atoms with Crippen LogP contribution in [0, 0.1) is 6.92 Å². The first-order valence-corrected chi connectivity index (χ1v) is 11.9. The van der Waals surface area contributed by atoms with Gasteiger partial charge in [-0.3, -0.25) is 14.4 Å². The molecule has 5 aromatic rings. The predicted molar refractivity (Wildman–Crippen MR) is 137 cm³/mol. The van der Waals surface area contributed by atoms with Crippen molar-refractivity contribution in [3.63, 3.8) is 0 Å². The normalized spacial score (nSPS) is 12.4. The number of fused-ring (bicyclic) bond motifs is 3. The van der Waals surface area contributed by atoms with Gasteiger partial charge in [0.25, 0.3) is 5.91 Å². The Hall–Kier alpha value is -4.42. The average molecular weight is 475 g/mol. The molecule has 0 saturated carbocycles. The molecule has 3 aromatic carbocycles. The summed E-state index contributed by atoms with van der Waals surface area (Å²) >= 11 is 1.61. The van der Waals surface area contributed by atoms with Gasteiger partial charge in [0.2, 0.25) is 0 Å². The smallest absolute Gasteiger partial charge is 0.256 e. The van der Waals surface area contributed by atoms with Crippen LogP contribution in [-0.4, -0.2) is 22.5 Å². The van der Waals surface area contributed by atoms with Gasteiger partial charge in [-0.25, -0.2) is 4.98 Å². The van der Waals surface area contributed by atoms with Gasteiger partial charge in [0.15, 0.2) is 11.6 Å². The van der Waals surface area contributed by atoms with Crippen LogP contribution in [0.5, 0.6) is 0 Å². The van der Waals surface area contributed by atoms with Crippen LogP contribution in [0.3, 0.4) is 0 Å². The number of anilines is 1. The van der Waals surface area contributed by atoms with E-state index in [1.807, 2.05) is 43.3 Å². The molecule has 0 spiro atoms. The highest BCUT2D eigenvalue weighted by Gasteiger charge is 2.32. The quantitative estimate of drug-likeness (QED) is 0.327. The number of nitrogens with one attached hydrogen (secondary N) is 1. The van der Waals surface area contributed by atoms with E-state index in [0.29, 0.717) is 44.5 Å². The molecule has 2 aromatic heterocycles. The summed E-state index contributed by atoms with van der Waals surface area (Å²) in [5.74, 6) is -0.873. The van der Waals surface area contributed by atoms with Gasteiger partial charge < -0.3 is 5.32 Å². The highest BCUT2D eigenvalue weighted by Crippen LogP contribution is 2.33. The van der Waals surface area contributed by atoms with E-state index in [-0.39, 0.29) is 23.0 Å². The Bertz CT molecular complexity index is 1700. The minimum absolute atomic E-state index is 0.219. The second-order valence-corrected chi connectivity index (χ2v) is 9.66. The summed E-state index contributed by atoms with van der Waals surface area (Å²) in [5, 5.41) is 3.62. The molecule has 0 atom stereocenters. The molecule has 1 aliphatic carbocycles. The lowest BCUT2D eigenvalue weighted by molar-refractivity contribution is 0.0978. The minimum atomic E-state index is -0.370. The Kier molecular flexibility index (Phi) is 4.90. The fraction of sp³-hybridized carbons (Fsp3) is 0.0345. The molecule has 0 fully saturated rings. The summed E-state index contributed by atoms with van der Waals surface area (Å²) in [4.78, 5) is 46.9. The fourth-order valence-corrected chi connectivity index (χ4v) is 5.33. The van der Waals surface area contributed by atoms with E-state index in [2.05, 4.69) is 5.32 Å². The maximum absolute atomic E-state index is 13.6. The molecule has 2 heterocycles. The first kappa shape index (κ1) is 21.1. The van der Waals surface area contributed by atoms with Crippen LogP contribution in [0.2, 0.25) is 0 Å². The summed E-state index contributed by atoms with van der Waals surface area (Å²) in [6.07, 6.45) is 0. The molecule has 0 bridgehead atoms. The number of thiophene rings is 1. The van der Waals surface area contributed by atoms with Crippen LogP contribution in [0.1, 0.15) is 47.1 Å². The van der Waals surface area contributed by atoms with Gasteiger partial charge in [0, 0.05) is 27.0 Å². The number of pyridine rings is 1. The Morgan fingerprint density at radius 2 is 1.51 bits per heavy atom. The maximum Gasteiger partial charge on any atom is 0.256 e. The third-order valence-electron chi connectivity index (χ3n) is 6.15. The Balaban J connectivity index is 1.45. The van der Waals surface area contributed by atoms with E-state index in [1.54, 1.807) is 59.9 Å². The molecule has 6 heteroatoms. The number of ketones is 2. The molecule has 168 valence electrons. The van der Waals surface area contributed by atoms with Crippen molar-refractivity contribution in [2.24, 2.45) is 0 Å². The van der Waals surface area contributed by atoms with Gasteiger partial charge in [-0.15, -0.1) is 11.3 Å². The summed E-state index contributed by atoms with van der Waals surface area (Å²) in [6.45, 7) is 2.03. The zero-order chi connectivity index (χ0) is 24.1. The standard InChI is InChI=1S/C29H18N2O3S/c1-16-13-14-25(35-16)24-15-21(17-7-4-5-11-22(17)30-24)29(34)31-23-12-6-10-20-26(23)28(33)19-9-3-2-8-18(19)27(20)32/h2-15H,1H3,(H,31,34). The Morgan fingerprint density at radius 1 is 0.800 bits per heavy atom. The molecule has 5 nitrogen and oxygen atoms in total. The summed E-state index contributed by atoms with van der Waals surface area (Å²) in [7, 11) is 0. The largest absolute Gasteiger partial charge is 0.321 e. The highest BCUT2D eigenvalue weighted by atomic mass is 32.1. The number of aryl methyl sites for hydroxylation is 1. The van der Waals surface area contributed by atoms with Crippen LogP contribution in [0.25, 0.3) is 21.5 Å². The van der Waals surface area contributed by atoms with Crippen molar-refractivity contribution in [1.29, 1.82) is 0 Å². The molecule has 1 N–H and O–H groups in total. The van der Waals surface area contributed by atoms with Gasteiger partial charge in [-0.05, 0) is 37.3 Å². The molecular formula is C29H18N2O3S. The van der Waals surface area contributed by atoms with Gasteiger partial charge in [0.1, 0.15) is 0 Å². The van der Waals surface area contributed by atoms with Gasteiger partial charge in [-0.2, -0.15) is 0 Å². The zero-order valence-electron chi connectivity index (χ0n) is 18.7. The van der Waals surface area contributed by atoms with Crippen molar-refractivity contribution in [3.8, 4) is 10.6 Å².